The first-order chi connectivity index (χ1) is 16.0. The van der Waals surface area contributed by atoms with Crippen molar-refractivity contribution < 1.29 is 41.9 Å². The molecule has 4 amide bonds. The van der Waals surface area contributed by atoms with Gasteiger partial charge >= 0.3 is 6.36 Å². The largest absolute Gasteiger partial charge is 0.573 e. The van der Waals surface area contributed by atoms with Crippen molar-refractivity contribution in [1.82, 2.24) is 10.2 Å². The molecule has 12 heteroatoms. The molecule has 1 heterocycles. The summed E-state index contributed by atoms with van der Waals surface area (Å²) in [6.45, 7) is -0.0568. The summed E-state index contributed by atoms with van der Waals surface area (Å²) < 4.78 is 40.4. The summed E-state index contributed by atoms with van der Waals surface area (Å²) in [7, 11) is 0. The van der Waals surface area contributed by atoms with Crippen molar-refractivity contribution in [3.05, 3.63) is 64.7 Å². The van der Waals surface area contributed by atoms with Crippen LogP contribution in [0.15, 0.2) is 42.5 Å². The number of ether oxygens (including phenoxy) is 1. The summed E-state index contributed by atoms with van der Waals surface area (Å²) in [5, 5.41) is 2.56. The lowest BCUT2D eigenvalue weighted by Crippen LogP contribution is -2.47. The van der Waals surface area contributed by atoms with Crippen LogP contribution in [-0.4, -0.2) is 47.2 Å². The Kier molecular flexibility index (Phi) is 6.99. The number of nitrogens with one attached hydrogen (secondary N) is 1. The standard InChI is InChI=1S/C22H18F3N3O6/c23-22(24,25)34-14-6-4-13(5-7-14)19(31)27-11-12-3-8-15-16(10-12)21(33)28(20(15)32)17(18(26)30)2-1-9-29/h3-10,17H,1-2,11H2,(H2,26,30)(H,27,31). The number of carbonyl (C=O) groups excluding carboxylic acids is 5. The normalized spacial score (nSPS) is 13.9. The fourth-order valence-corrected chi connectivity index (χ4v) is 3.42. The van der Waals surface area contributed by atoms with Gasteiger partial charge in [0.15, 0.2) is 0 Å². The third-order valence-corrected chi connectivity index (χ3v) is 4.98. The number of alkyl halides is 3. The van der Waals surface area contributed by atoms with Gasteiger partial charge in [0.2, 0.25) is 5.91 Å². The highest BCUT2D eigenvalue weighted by atomic mass is 19.4. The summed E-state index contributed by atoms with van der Waals surface area (Å²) in [5.74, 6) is -3.45. The molecule has 0 saturated heterocycles. The van der Waals surface area contributed by atoms with Crippen molar-refractivity contribution in [2.75, 3.05) is 0 Å². The van der Waals surface area contributed by atoms with Crippen molar-refractivity contribution in [2.45, 2.75) is 31.8 Å². The van der Waals surface area contributed by atoms with Crippen molar-refractivity contribution in [3.8, 4) is 5.75 Å². The molecule has 1 unspecified atom stereocenters. The summed E-state index contributed by atoms with van der Waals surface area (Å²) in [6.07, 6.45) is -4.47. The van der Waals surface area contributed by atoms with Gasteiger partial charge in [-0.2, -0.15) is 0 Å². The van der Waals surface area contributed by atoms with Crippen LogP contribution in [0.2, 0.25) is 0 Å². The Morgan fingerprint density at radius 1 is 1.06 bits per heavy atom. The Hall–Kier alpha value is -4.22. The summed E-state index contributed by atoms with van der Waals surface area (Å²) in [5.41, 5.74) is 5.91. The van der Waals surface area contributed by atoms with Gasteiger partial charge in [0.1, 0.15) is 18.1 Å². The monoisotopic (exact) mass is 477 g/mol. The molecule has 178 valence electrons. The number of rotatable bonds is 9. The highest BCUT2D eigenvalue weighted by Gasteiger charge is 2.42. The molecule has 1 aliphatic rings. The van der Waals surface area contributed by atoms with Gasteiger partial charge < -0.3 is 20.6 Å². The first-order valence-corrected chi connectivity index (χ1v) is 9.89. The highest BCUT2D eigenvalue weighted by molar-refractivity contribution is 6.22. The second-order valence-corrected chi connectivity index (χ2v) is 7.28. The Balaban J connectivity index is 1.69. The number of aldehydes is 1. The van der Waals surface area contributed by atoms with E-state index in [0.717, 1.165) is 29.2 Å². The van der Waals surface area contributed by atoms with E-state index >= 15 is 0 Å². The molecule has 1 aliphatic heterocycles. The number of benzene rings is 2. The maximum atomic E-state index is 12.8. The van der Waals surface area contributed by atoms with Gasteiger partial charge in [0, 0.05) is 18.5 Å². The van der Waals surface area contributed by atoms with Gasteiger partial charge in [0.05, 0.1) is 11.1 Å². The van der Waals surface area contributed by atoms with Crippen molar-refractivity contribution in [3.63, 3.8) is 0 Å². The molecule has 3 N–H and O–H groups in total. The van der Waals surface area contributed by atoms with Crippen LogP contribution in [-0.2, 0) is 16.1 Å². The number of halogens is 3. The number of nitrogens with zero attached hydrogens (tertiary/aromatic N) is 1. The number of imide groups is 1. The van der Waals surface area contributed by atoms with Gasteiger partial charge in [-0.1, -0.05) is 6.07 Å². The van der Waals surface area contributed by atoms with Crippen LogP contribution in [0.3, 0.4) is 0 Å². The van der Waals surface area contributed by atoms with Gasteiger partial charge in [-0.25, -0.2) is 0 Å². The number of primary amides is 1. The van der Waals surface area contributed by atoms with Crippen molar-refractivity contribution >= 4 is 29.9 Å². The second kappa shape index (κ2) is 9.73. The van der Waals surface area contributed by atoms with E-state index in [2.05, 4.69) is 10.1 Å². The van der Waals surface area contributed by atoms with Crippen LogP contribution >= 0.6 is 0 Å². The lowest BCUT2D eigenvalue weighted by molar-refractivity contribution is -0.274. The van der Waals surface area contributed by atoms with Crippen LogP contribution in [0.4, 0.5) is 13.2 Å². The summed E-state index contributed by atoms with van der Waals surface area (Å²) >= 11 is 0. The number of fused-ring (bicyclic) bond motifs is 1. The summed E-state index contributed by atoms with van der Waals surface area (Å²) in [6, 6.07) is 7.28. The Morgan fingerprint density at radius 3 is 2.29 bits per heavy atom. The predicted octanol–water partition coefficient (Wildman–Crippen LogP) is 1.94. The molecule has 2 aromatic carbocycles. The third kappa shape index (κ3) is 5.39. The maximum Gasteiger partial charge on any atom is 0.573 e. The minimum atomic E-state index is -4.85. The molecular formula is C22H18F3N3O6. The van der Waals surface area contributed by atoms with E-state index in [1.165, 1.54) is 18.2 Å². The van der Waals surface area contributed by atoms with E-state index in [1.807, 2.05) is 0 Å². The molecule has 0 saturated carbocycles. The smallest absolute Gasteiger partial charge is 0.406 e. The highest BCUT2D eigenvalue weighted by Crippen LogP contribution is 2.27. The minimum absolute atomic E-state index is 0.0164. The predicted molar refractivity (Wildman–Crippen MR) is 110 cm³/mol. The molecule has 1 atom stereocenters. The fraction of sp³-hybridized carbons (Fsp3) is 0.227. The molecule has 0 aliphatic carbocycles. The molecule has 0 radical (unpaired) electrons. The molecule has 2 aromatic rings. The van der Waals surface area contributed by atoms with E-state index in [0.29, 0.717) is 11.8 Å². The van der Waals surface area contributed by atoms with Crippen molar-refractivity contribution in [2.24, 2.45) is 5.73 Å². The third-order valence-electron chi connectivity index (χ3n) is 4.98. The average molecular weight is 477 g/mol. The molecule has 0 aromatic heterocycles. The molecule has 0 bridgehead atoms. The number of hydrogen-bond acceptors (Lipinski definition) is 6. The Bertz CT molecular complexity index is 1150. The van der Waals surface area contributed by atoms with Gasteiger partial charge in [-0.05, 0) is 48.4 Å². The average Bonchev–Trinajstić information content (AvgIpc) is 3.01. The summed E-state index contributed by atoms with van der Waals surface area (Å²) in [4.78, 5) is 60.9. The first kappa shape index (κ1) is 24.4. The maximum absolute atomic E-state index is 12.8. The van der Waals surface area contributed by atoms with Crippen LogP contribution in [0, 0.1) is 0 Å². The van der Waals surface area contributed by atoms with E-state index in [1.54, 1.807) is 0 Å². The van der Waals surface area contributed by atoms with E-state index in [9.17, 15) is 37.1 Å². The number of nitrogens with two attached hydrogens (primary N) is 1. The number of hydrogen-bond donors (Lipinski definition) is 2. The van der Waals surface area contributed by atoms with Crippen LogP contribution in [0.25, 0.3) is 0 Å². The first-order valence-electron chi connectivity index (χ1n) is 9.89. The van der Waals surface area contributed by atoms with Gasteiger partial charge in [-0.15, -0.1) is 13.2 Å². The van der Waals surface area contributed by atoms with Crippen LogP contribution in [0.5, 0.6) is 5.75 Å². The number of amides is 4. The lowest BCUT2D eigenvalue weighted by Gasteiger charge is -2.22. The van der Waals surface area contributed by atoms with Crippen LogP contribution in [0.1, 0.15) is 49.5 Å². The van der Waals surface area contributed by atoms with Crippen molar-refractivity contribution in [1.29, 1.82) is 0 Å². The zero-order valence-electron chi connectivity index (χ0n) is 17.4. The Labute approximate surface area is 190 Å². The van der Waals surface area contributed by atoms with E-state index < -0.39 is 41.8 Å². The topological polar surface area (TPSA) is 136 Å². The molecule has 34 heavy (non-hydrogen) atoms. The molecular weight excluding hydrogens is 459 g/mol. The van der Waals surface area contributed by atoms with Gasteiger partial charge in [0.25, 0.3) is 17.7 Å². The second-order valence-electron chi connectivity index (χ2n) is 7.28. The number of carbonyl (C=O) groups is 5. The van der Waals surface area contributed by atoms with E-state index in [4.69, 9.17) is 5.73 Å². The zero-order chi connectivity index (χ0) is 25.0. The fourth-order valence-electron chi connectivity index (χ4n) is 3.42. The molecule has 0 spiro atoms. The zero-order valence-corrected chi connectivity index (χ0v) is 17.4. The Morgan fingerprint density at radius 2 is 1.71 bits per heavy atom. The molecule has 3 rings (SSSR count). The minimum Gasteiger partial charge on any atom is -0.406 e. The van der Waals surface area contributed by atoms with Crippen LogP contribution < -0.4 is 15.8 Å². The van der Waals surface area contributed by atoms with Gasteiger partial charge in [-0.3, -0.25) is 24.1 Å². The lowest BCUT2D eigenvalue weighted by atomic mass is 10.1. The molecule has 9 nitrogen and oxygen atoms in total. The molecule has 0 fully saturated rings. The van der Waals surface area contributed by atoms with E-state index in [-0.39, 0.29) is 36.1 Å². The SMILES string of the molecule is NC(=O)C(CCC=O)N1C(=O)c2ccc(CNC(=O)c3ccc(OC(F)(F)F)cc3)cc2C1=O. The quantitative estimate of drug-likeness (QED) is 0.419.